The maximum atomic E-state index is 12.4. The molecule has 4 heterocycles. The molecule has 0 aliphatic carbocycles. The summed E-state index contributed by atoms with van der Waals surface area (Å²) in [5.74, 6) is 0.359. The van der Waals surface area contributed by atoms with Gasteiger partial charge in [-0.1, -0.05) is 25.2 Å². The molecule has 0 aromatic carbocycles. The largest absolute Gasteiger partial charge is 0.357 e. The van der Waals surface area contributed by atoms with Crippen molar-refractivity contribution in [3.8, 4) is 11.3 Å². The molecule has 10 heteroatoms. The molecule has 1 aliphatic rings. The van der Waals surface area contributed by atoms with E-state index in [9.17, 15) is 8.42 Å². The van der Waals surface area contributed by atoms with Crippen LogP contribution in [0.1, 0.15) is 26.7 Å². The van der Waals surface area contributed by atoms with Gasteiger partial charge in [0.2, 0.25) is 20.1 Å². The maximum Gasteiger partial charge on any atom is 0.214 e. The minimum absolute atomic E-state index is 0.143. The third kappa shape index (κ3) is 4.18. The molecule has 1 fully saturated rings. The van der Waals surface area contributed by atoms with E-state index in [0.29, 0.717) is 13.1 Å². The van der Waals surface area contributed by atoms with Crippen LogP contribution >= 0.6 is 11.3 Å². The van der Waals surface area contributed by atoms with Crippen molar-refractivity contribution in [3.05, 3.63) is 30.7 Å². The highest BCUT2D eigenvalue weighted by Crippen LogP contribution is 2.26. The van der Waals surface area contributed by atoms with Crippen molar-refractivity contribution < 1.29 is 8.42 Å². The summed E-state index contributed by atoms with van der Waals surface area (Å²) in [6.07, 6.45) is 6.98. The lowest BCUT2D eigenvalue weighted by Gasteiger charge is -2.31. The van der Waals surface area contributed by atoms with Gasteiger partial charge in [-0.15, -0.1) is 5.10 Å². The quantitative estimate of drug-likeness (QED) is 0.659. The van der Waals surface area contributed by atoms with E-state index in [1.807, 2.05) is 32.2 Å². The molecule has 1 aliphatic heterocycles. The molecule has 4 rings (SSSR count). The zero-order chi connectivity index (χ0) is 19.7. The summed E-state index contributed by atoms with van der Waals surface area (Å²) < 4.78 is 28.1. The summed E-state index contributed by atoms with van der Waals surface area (Å²) in [6, 6.07) is 4.08. The molecule has 0 spiro atoms. The van der Waals surface area contributed by atoms with Gasteiger partial charge in [0.25, 0.3) is 0 Å². The van der Waals surface area contributed by atoms with Gasteiger partial charge < -0.3 is 5.32 Å². The molecule has 150 valence electrons. The van der Waals surface area contributed by atoms with Gasteiger partial charge in [-0.2, -0.15) is 0 Å². The number of imidazole rings is 1. The lowest BCUT2D eigenvalue weighted by molar-refractivity contribution is 0.328. The molecule has 0 saturated carbocycles. The fourth-order valence-corrected chi connectivity index (χ4v) is 6.07. The molecular weight excluding hydrogens is 396 g/mol. The number of hydrogen-bond donors (Lipinski definition) is 1. The van der Waals surface area contributed by atoms with E-state index in [-0.39, 0.29) is 17.7 Å². The number of aromatic nitrogens is 4. The standard InChI is InChI=1S/C18H24N6O2S2/c1-13(2)12-28(25,26)23-8-5-15(6-9-23)20-17-22-24-11-16(21-18(24)27-17)14-4-3-7-19-10-14/h3-4,7,10-11,13,15H,5-6,8-9,12H2,1-2H3,(H,20,22). The average molecular weight is 421 g/mol. The Hall–Kier alpha value is -2.04. The van der Waals surface area contributed by atoms with Crippen molar-refractivity contribution in [3.63, 3.8) is 0 Å². The molecule has 0 unspecified atom stereocenters. The Balaban J connectivity index is 1.38. The normalized spacial score (nSPS) is 16.8. The summed E-state index contributed by atoms with van der Waals surface area (Å²) >= 11 is 1.50. The molecule has 0 amide bonds. The van der Waals surface area contributed by atoms with E-state index in [2.05, 4.69) is 20.4 Å². The number of sulfonamides is 1. The summed E-state index contributed by atoms with van der Waals surface area (Å²) in [7, 11) is -3.15. The number of pyridine rings is 1. The number of nitrogens with zero attached hydrogens (tertiary/aromatic N) is 5. The smallest absolute Gasteiger partial charge is 0.214 e. The molecule has 3 aromatic rings. The first-order chi connectivity index (χ1) is 13.4. The van der Waals surface area contributed by atoms with Gasteiger partial charge in [-0.25, -0.2) is 22.2 Å². The molecule has 0 bridgehead atoms. The predicted molar refractivity (Wildman–Crippen MR) is 111 cm³/mol. The molecule has 8 nitrogen and oxygen atoms in total. The van der Waals surface area contributed by atoms with Gasteiger partial charge >= 0.3 is 0 Å². The Morgan fingerprint density at radius 2 is 2.11 bits per heavy atom. The highest BCUT2D eigenvalue weighted by atomic mass is 32.2. The van der Waals surface area contributed by atoms with Crippen LogP contribution in [0.5, 0.6) is 0 Å². The summed E-state index contributed by atoms with van der Waals surface area (Å²) in [4.78, 5) is 9.56. The van der Waals surface area contributed by atoms with E-state index in [1.165, 1.54) is 11.3 Å². The zero-order valence-corrected chi connectivity index (χ0v) is 17.6. The second kappa shape index (κ2) is 7.76. The van der Waals surface area contributed by atoms with Crippen molar-refractivity contribution in [1.29, 1.82) is 0 Å². The Labute approximate surface area is 168 Å². The minimum atomic E-state index is -3.15. The molecule has 1 saturated heterocycles. The molecular formula is C18H24N6O2S2. The van der Waals surface area contributed by atoms with E-state index in [1.54, 1.807) is 21.2 Å². The first kappa shape index (κ1) is 19.3. The van der Waals surface area contributed by atoms with Crippen LogP contribution in [0.3, 0.4) is 0 Å². The van der Waals surface area contributed by atoms with Crippen LogP contribution in [0.4, 0.5) is 5.13 Å². The Morgan fingerprint density at radius 3 is 2.75 bits per heavy atom. The Bertz CT molecular complexity index is 1010. The van der Waals surface area contributed by atoms with E-state index < -0.39 is 10.0 Å². The topological polar surface area (TPSA) is 92.5 Å². The van der Waals surface area contributed by atoms with Gasteiger partial charge in [0.1, 0.15) is 0 Å². The van der Waals surface area contributed by atoms with Crippen LogP contribution in [0, 0.1) is 5.92 Å². The van der Waals surface area contributed by atoms with Gasteiger partial charge in [-0.3, -0.25) is 4.98 Å². The van der Waals surface area contributed by atoms with Crippen molar-refractivity contribution in [2.24, 2.45) is 5.92 Å². The van der Waals surface area contributed by atoms with Crippen LogP contribution in [0.15, 0.2) is 30.7 Å². The van der Waals surface area contributed by atoms with Crippen LogP contribution in [-0.4, -0.2) is 57.2 Å². The summed E-state index contributed by atoms with van der Waals surface area (Å²) in [5.41, 5.74) is 1.81. The molecule has 28 heavy (non-hydrogen) atoms. The van der Waals surface area contributed by atoms with Crippen molar-refractivity contribution >= 4 is 31.5 Å². The number of anilines is 1. The third-order valence-electron chi connectivity index (χ3n) is 4.72. The zero-order valence-electron chi connectivity index (χ0n) is 15.9. The highest BCUT2D eigenvalue weighted by molar-refractivity contribution is 7.89. The lowest BCUT2D eigenvalue weighted by atomic mass is 10.1. The van der Waals surface area contributed by atoms with Crippen LogP contribution < -0.4 is 5.32 Å². The fourth-order valence-electron chi connectivity index (χ4n) is 3.39. The van der Waals surface area contributed by atoms with Crippen molar-refractivity contribution in [1.82, 2.24) is 23.9 Å². The van der Waals surface area contributed by atoms with Gasteiger partial charge in [0.05, 0.1) is 17.6 Å². The SMILES string of the molecule is CC(C)CS(=O)(=O)N1CCC(Nc2nn3cc(-c4cccnc4)nc3s2)CC1. The number of rotatable bonds is 6. The second-order valence-electron chi connectivity index (χ2n) is 7.49. The fraction of sp³-hybridized carbons (Fsp3) is 0.500. The Morgan fingerprint density at radius 1 is 1.32 bits per heavy atom. The monoisotopic (exact) mass is 420 g/mol. The number of piperidine rings is 1. The number of hydrogen-bond acceptors (Lipinski definition) is 7. The highest BCUT2D eigenvalue weighted by Gasteiger charge is 2.28. The van der Waals surface area contributed by atoms with E-state index in [0.717, 1.165) is 34.2 Å². The van der Waals surface area contributed by atoms with Gasteiger partial charge in [0.15, 0.2) is 0 Å². The van der Waals surface area contributed by atoms with Gasteiger partial charge in [-0.05, 0) is 30.9 Å². The third-order valence-corrected chi connectivity index (χ3v) is 7.81. The van der Waals surface area contributed by atoms with Crippen LogP contribution in [-0.2, 0) is 10.0 Å². The number of fused-ring (bicyclic) bond motifs is 1. The second-order valence-corrected chi connectivity index (χ2v) is 10.5. The summed E-state index contributed by atoms with van der Waals surface area (Å²) in [6.45, 7) is 4.98. The van der Waals surface area contributed by atoms with E-state index >= 15 is 0 Å². The lowest BCUT2D eigenvalue weighted by Crippen LogP contribution is -2.43. The average Bonchev–Trinajstić information content (AvgIpc) is 3.20. The Kier molecular flexibility index (Phi) is 5.35. The van der Waals surface area contributed by atoms with Crippen molar-refractivity contribution in [2.75, 3.05) is 24.2 Å². The first-order valence-corrected chi connectivity index (χ1v) is 11.8. The number of nitrogens with one attached hydrogen (secondary N) is 1. The minimum Gasteiger partial charge on any atom is -0.357 e. The molecule has 0 radical (unpaired) electrons. The van der Waals surface area contributed by atoms with Crippen LogP contribution in [0.25, 0.3) is 16.2 Å². The van der Waals surface area contributed by atoms with Crippen LogP contribution in [0.2, 0.25) is 0 Å². The molecule has 3 aromatic heterocycles. The first-order valence-electron chi connectivity index (χ1n) is 9.42. The maximum absolute atomic E-state index is 12.4. The van der Waals surface area contributed by atoms with E-state index in [4.69, 9.17) is 0 Å². The van der Waals surface area contributed by atoms with Gasteiger partial charge in [0, 0.05) is 37.1 Å². The summed E-state index contributed by atoms with van der Waals surface area (Å²) in [5, 5.41) is 8.82. The molecule has 0 atom stereocenters. The molecule has 1 N–H and O–H groups in total. The van der Waals surface area contributed by atoms with Crippen molar-refractivity contribution in [2.45, 2.75) is 32.7 Å². The predicted octanol–water partition coefficient (Wildman–Crippen LogP) is 2.71.